The van der Waals surface area contributed by atoms with Crippen LogP contribution >= 0.6 is 0 Å². The molecule has 0 aliphatic carbocycles. The van der Waals surface area contributed by atoms with Crippen molar-refractivity contribution in [2.45, 2.75) is 26.3 Å². The van der Waals surface area contributed by atoms with Crippen LogP contribution in [0.4, 0.5) is 4.39 Å². The smallest absolute Gasteiger partial charge is 0.220 e. The Bertz CT molecular complexity index is 842. The van der Waals surface area contributed by atoms with Gasteiger partial charge in [-0.3, -0.25) is 4.79 Å². The molecule has 1 amide bonds. The number of hydrogen-bond acceptors (Lipinski definition) is 3. The van der Waals surface area contributed by atoms with Crippen molar-refractivity contribution in [2.24, 2.45) is 0 Å². The second kappa shape index (κ2) is 6.60. The largest absolute Gasteiger partial charge is 0.441 e. The highest BCUT2D eigenvalue weighted by atomic mass is 19.1. The molecule has 0 bridgehead atoms. The molecule has 0 radical (unpaired) electrons. The Morgan fingerprint density at radius 3 is 2.91 bits per heavy atom. The van der Waals surface area contributed by atoms with Crippen LogP contribution in [0.5, 0.6) is 0 Å². The van der Waals surface area contributed by atoms with Crippen molar-refractivity contribution < 1.29 is 13.6 Å². The first kappa shape index (κ1) is 15.2. The Labute approximate surface area is 133 Å². The van der Waals surface area contributed by atoms with Crippen LogP contribution in [0.15, 0.2) is 46.9 Å². The first-order valence-electron chi connectivity index (χ1n) is 7.47. The summed E-state index contributed by atoms with van der Waals surface area (Å²) in [7, 11) is 0. The van der Waals surface area contributed by atoms with Gasteiger partial charge in [0.1, 0.15) is 11.3 Å². The molecule has 1 N–H and O–H groups in total. The van der Waals surface area contributed by atoms with E-state index < -0.39 is 0 Å². The number of aromatic nitrogens is 1. The van der Waals surface area contributed by atoms with Gasteiger partial charge in [-0.15, -0.1) is 0 Å². The Hall–Kier alpha value is -2.69. The minimum absolute atomic E-state index is 0.0666. The van der Waals surface area contributed by atoms with Crippen LogP contribution in [0.1, 0.15) is 23.4 Å². The van der Waals surface area contributed by atoms with E-state index in [9.17, 15) is 9.18 Å². The number of benzene rings is 2. The molecule has 0 unspecified atom stereocenters. The lowest BCUT2D eigenvalue weighted by molar-refractivity contribution is -0.121. The van der Waals surface area contributed by atoms with Gasteiger partial charge in [0.2, 0.25) is 5.91 Å². The summed E-state index contributed by atoms with van der Waals surface area (Å²) in [5, 5.41) is 2.86. The summed E-state index contributed by atoms with van der Waals surface area (Å²) in [6.07, 6.45) is 0.844. The molecule has 118 valence electrons. The number of nitrogens with zero attached hydrogens (tertiary/aromatic N) is 1. The quantitative estimate of drug-likeness (QED) is 0.784. The molecular weight excluding hydrogens is 295 g/mol. The van der Waals surface area contributed by atoms with Crippen LogP contribution in [0.2, 0.25) is 0 Å². The van der Waals surface area contributed by atoms with Gasteiger partial charge in [-0.25, -0.2) is 9.37 Å². The van der Waals surface area contributed by atoms with Crippen molar-refractivity contribution >= 4 is 17.0 Å². The predicted octanol–water partition coefficient (Wildman–Crippen LogP) is 3.52. The fraction of sp³-hybridized carbons (Fsp3) is 0.222. The normalized spacial score (nSPS) is 10.9. The van der Waals surface area contributed by atoms with Gasteiger partial charge < -0.3 is 9.73 Å². The van der Waals surface area contributed by atoms with E-state index in [1.54, 1.807) is 13.0 Å². The van der Waals surface area contributed by atoms with E-state index in [-0.39, 0.29) is 11.7 Å². The molecule has 2 aromatic carbocycles. The van der Waals surface area contributed by atoms with Crippen LogP contribution in [-0.4, -0.2) is 10.9 Å². The van der Waals surface area contributed by atoms with Crippen molar-refractivity contribution in [3.8, 4) is 0 Å². The van der Waals surface area contributed by atoms with Gasteiger partial charge in [-0.1, -0.05) is 18.2 Å². The fourth-order valence-electron chi connectivity index (χ4n) is 2.43. The Balaban J connectivity index is 1.53. The fourth-order valence-corrected chi connectivity index (χ4v) is 2.43. The molecule has 0 aliphatic heterocycles. The number of amides is 1. The molecule has 5 heteroatoms. The maximum absolute atomic E-state index is 13.1. The summed E-state index contributed by atoms with van der Waals surface area (Å²) in [5.74, 6) is 0.276. The van der Waals surface area contributed by atoms with E-state index in [1.807, 2.05) is 24.3 Å². The maximum Gasteiger partial charge on any atom is 0.220 e. The molecule has 4 nitrogen and oxygen atoms in total. The zero-order chi connectivity index (χ0) is 16.2. The average Bonchev–Trinajstić information content (AvgIpc) is 2.90. The Kier molecular flexibility index (Phi) is 4.37. The number of nitrogens with one attached hydrogen (secondary N) is 1. The molecule has 0 fully saturated rings. The summed E-state index contributed by atoms with van der Waals surface area (Å²) in [6, 6.07) is 12.0. The summed E-state index contributed by atoms with van der Waals surface area (Å²) in [6.45, 7) is 2.23. The number of oxazole rings is 1. The standard InChI is InChI=1S/C18H17FN2O2/c1-12-21-16-7-5-14(10-17(16)23-12)11-20-18(22)8-6-13-3-2-4-15(19)9-13/h2-5,7,9-10H,6,8,11H2,1H3,(H,20,22). The lowest BCUT2D eigenvalue weighted by Crippen LogP contribution is -2.22. The molecule has 0 aliphatic rings. The molecule has 0 atom stereocenters. The minimum Gasteiger partial charge on any atom is -0.441 e. The summed E-state index contributed by atoms with van der Waals surface area (Å²) in [4.78, 5) is 16.1. The second-order valence-corrected chi connectivity index (χ2v) is 5.44. The van der Waals surface area contributed by atoms with Gasteiger partial charge >= 0.3 is 0 Å². The minimum atomic E-state index is -0.279. The monoisotopic (exact) mass is 312 g/mol. The van der Waals surface area contributed by atoms with E-state index in [0.717, 1.165) is 16.6 Å². The van der Waals surface area contributed by atoms with Gasteiger partial charge in [0.15, 0.2) is 11.5 Å². The number of rotatable bonds is 5. The number of carbonyl (C=O) groups excluding carboxylic acids is 1. The molecule has 3 aromatic rings. The molecular formula is C18H17FN2O2. The topological polar surface area (TPSA) is 55.1 Å². The van der Waals surface area contributed by atoms with Crippen LogP contribution in [0.3, 0.4) is 0 Å². The van der Waals surface area contributed by atoms with Gasteiger partial charge in [-0.05, 0) is 41.8 Å². The van der Waals surface area contributed by atoms with Gasteiger partial charge in [-0.2, -0.15) is 0 Å². The molecule has 0 saturated carbocycles. The van der Waals surface area contributed by atoms with E-state index in [0.29, 0.717) is 30.9 Å². The van der Waals surface area contributed by atoms with Gasteiger partial charge in [0, 0.05) is 19.9 Å². The van der Waals surface area contributed by atoms with E-state index in [2.05, 4.69) is 10.3 Å². The van der Waals surface area contributed by atoms with Crippen molar-refractivity contribution in [3.63, 3.8) is 0 Å². The third-order valence-corrected chi connectivity index (χ3v) is 3.58. The van der Waals surface area contributed by atoms with Crippen LogP contribution < -0.4 is 5.32 Å². The zero-order valence-electron chi connectivity index (χ0n) is 12.8. The van der Waals surface area contributed by atoms with E-state index in [1.165, 1.54) is 12.1 Å². The molecule has 1 heterocycles. The van der Waals surface area contributed by atoms with Crippen LogP contribution in [0.25, 0.3) is 11.1 Å². The molecule has 1 aromatic heterocycles. The lowest BCUT2D eigenvalue weighted by Gasteiger charge is -2.05. The van der Waals surface area contributed by atoms with Crippen LogP contribution in [0, 0.1) is 12.7 Å². The third-order valence-electron chi connectivity index (χ3n) is 3.58. The Morgan fingerprint density at radius 2 is 2.09 bits per heavy atom. The van der Waals surface area contributed by atoms with Crippen LogP contribution in [-0.2, 0) is 17.8 Å². The SMILES string of the molecule is Cc1nc2ccc(CNC(=O)CCc3cccc(F)c3)cc2o1. The summed E-state index contributed by atoms with van der Waals surface area (Å²) in [5.41, 5.74) is 3.30. The number of carbonyl (C=O) groups is 1. The summed E-state index contributed by atoms with van der Waals surface area (Å²) < 4.78 is 18.5. The third kappa shape index (κ3) is 3.94. The molecule has 3 rings (SSSR count). The molecule has 23 heavy (non-hydrogen) atoms. The number of hydrogen-bond donors (Lipinski definition) is 1. The maximum atomic E-state index is 13.1. The Morgan fingerprint density at radius 1 is 1.22 bits per heavy atom. The van der Waals surface area contributed by atoms with Crippen molar-refractivity contribution in [1.82, 2.24) is 10.3 Å². The molecule has 0 saturated heterocycles. The highest BCUT2D eigenvalue weighted by Crippen LogP contribution is 2.16. The van der Waals surface area contributed by atoms with Crippen molar-refractivity contribution in [3.05, 3.63) is 65.3 Å². The lowest BCUT2D eigenvalue weighted by atomic mass is 10.1. The summed E-state index contributed by atoms with van der Waals surface area (Å²) >= 11 is 0. The number of fused-ring (bicyclic) bond motifs is 1. The van der Waals surface area contributed by atoms with E-state index >= 15 is 0 Å². The second-order valence-electron chi connectivity index (χ2n) is 5.44. The molecule has 0 spiro atoms. The highest BCUT2D eigenvalue weighted by Gasteiger charge is 2.06. The van der Waals surface area contributed by atoms with Crippen molar-refractivity contribution in [2.75, 3.05) is 0 Å². The van der Waals surface area contributed by atoms with Gasteiger partial charge in [0.05, 0.1) is 0 Å². The predicted molar refractivity (Wildman–Crippen MR) is 85.3 cm³/mol. The van der Waals surface area contributed by atoms with Crippen molar-refractivity contribution in [1.29, 1.82) is 0 Å². The average molecular weight is 312 g/mol. The number of aryl methyl sites for hydroxylation is 2. The highest BCUT2D eigenvalue weighted by molar-refractivity contribution is 5.77. The number of halogens is 1. The first-order valence-corrected chi connectivity index (χ1v) is 7.47. The zero-order valence-corrected chi connectivity index (χ0v) is 12.8. The van der Waals surface area contributed by atoms with Gasteiger partial charge in [0.25, 0.3) is 0 Å². The first-order chi connectivity index (χ1) is 11.1. The van der Waals surface area contributed by atoms with E-state index in [4.69, 9.17) is 4.42 Å².